The Morgan fingerprint density at radius 1 is 1.47 bits per heavy atom. The summed E-state index contributed by atoms with van der Waals surface area (Å²) in [6, 6.07) is 0. The molecular weight excluding hydrogens is 238 g/mol. The van der Waals surface area contributed by atoms with E-state index in [0.29, 0.717) is 0 Å². The summed E-state index contributed by atoms with van der Waals surface area (Å²) < 4.78 is 2.01. The molecule has 1 aromatic heterocycles. The van der Waals surface area contributed by atoms with Gasteiger partial charge in [-0.2, -0.15) is 0 Å². The zero-order chi connectivity index (χ0) is 13.7. The molecule has 1 fully saturated rings. The summed E-state index contributed by atoms with van der Waals surface area (Å²) in [5.41, 5.74) is 0. The number of aromatic nitrogens is 3. The number of rotatable bonds is 7. The van der Waals surface area contributed by atoms with Crippen LogP contribution in [-0.2, 0) is 13.5 Å². The fourth-order valence-electron chi connectivity index (χ4n) is 2.65. The van der Waals surface area contributed by atoms with Crippen LogP contribution < -0.4 is 5.32 Å². The first kappa shape index (κ1) is 14.5. The van der Waals surface area contributed by atoms with Gasteiger partial charge in [0.2, 0.25) is 0 Å². The SMILES string of the molecule is CC(C)CNCC1CCN(CCc2nncn2C)C1. The molecular formula is C14H27N5. The van der Waals surface area contributed by atoms with Gasteiger partial charge in [-0.3, -0.25) is 0 Å². The van der Waals surface area contributed by atoms with Gasteiger partial charge in [0.15, 0.2) is 0 Å². The smallest absolute Gasteiger partial charge is 0.133 e. The topological polar surface area (TPSA) is 46.0 Å². The normalized spacial score (nSPS) is 20.5. The molecule has 0 radical (unpaired) electrons. The van der Waals surface area contributed by atoms with Crippen LogP contribution in [0.4, 0.5) is 0 Å². The molecule has 1 atom stereocenters. The maximum atomic E-state index is 4.14. The van der Waals surface area contributed by atoms with Crippen molar-refractivity contribution in [3.63, 3.8) is 0 Å². The zero-order valence-electron chi connectivity index (χ0n) is 12.5. The van der Waals surface area contributed by atoms with Gasteiger partial charge in [-0.25, -0.2) is 0 Å². The molecule has 1 saturated heterocycles. The van der Waals surface area contributed by atoms with E-state index in [2.05, 4.69) is 34.3 Å². The lowest BCUT2D eigenvalue weighted by atomic mass is 10.1. The molecule has 1 aromatic rings. The highest BCUT2D eigenvalue weighted by Crippen LogP contribution is 2.15. The van der Waals surface area contributed by atoms with Crippen molar-refractivity contribution >= 4 is 0 Å². The van der Waals surface area contributed by atoms with Gasteiger partial charge in [0, 0.05) is 26.6 Å². The van der Waals surface area contributed by atoms with Gasteiger partial charge in [0.25, 0.3) is 0 Å². The molecule has 0 spiro atoms. The maximum absolute atomic E-state index is 4.14. The molecule has 1 aliphatic heterocycles. The van der Waals surface area contributed by atoms with E-state index in [1.165, 1.54) is 26.1 Å². The minimum absolute atomic E-state index is 0.744. The molecule has 1 N–H and O–H groups in total. The Hall–Kier alpha value is -0.940. The van der Waals surface area contributed by atoms with Crippen molar-refractivity contribution in [2.24, 2.45) is 18.9 Å². The Kier molecular flexibility index (Phi) is 5.34. The monoisotopic (exact) mass is 265 g/mol. The minimum Gasteiger partial charge on any atom is -0.321 e. The summed E-state index contributed by atoms with van der Waals surface area (Å²) in [6.45, 7) is 10.4. The number of aryl methyl sites for hydroxylation is 1. The van der Waals surface area contributed by atoms with Crippen molar-refractivity contribution in [1.29, 1.82) is 0 Å². The first-order valence-electron chi connectivity index (χ1n) is 7.41. The maximum Gasteiger partial charge on any atom is 0.133 e. The average molecular weight is 265 g/mol. The van der Waals surface area contributed by atoms with Crippen molar-refractivity contribution in [1.82, 2.24) is 25.0 Å². The third kappa shape index (κ3) is 4.58. The Labute approximate surface area is 116 Å². The van der Waals surface area contributed by atoms with Crippen LogP contribution in [0.3, 0.4) is 0 Å². The molecule has 0 aromatic carbocycles. The molecule has 0 aliphatic carbocycles. The minimum atomic E-state index is 0.744. The molecule has 0 amide bonds. The lowest BCUT2D eigenvalue weighted by Gasteiger charge is -2.16. The number of hydrogen-bond donors (Lipinski definition) is 1. The Morgan fingerprint density at radius 2 is 2.32 bits per heavy atom. The van der Waals surface area contributed by atoms with Gasteiger partial charge in [0.05, 0.1) is 0 Å². The van der Waals surface area contributed by atoms with E-state index in [-0.39, 0.29) is 0 Å². The second-order valence-electron chi connectivity index (χ2n) is 6.12. The molecule has 0 saturated carbocycles. The quantitative estimate of drug-likeness (QED) is 0.796. The Balaban J connectivity index is 1.63. The molecule has 0 bridgehead atoms. The number of likely N-dealkylation sites (tertiary alicyclic amines) is 1. The van der Waals surface area contributed by atoms with E-state index in [9.17, 15) is 0 Å². The van der Waals surface area contributed by atoms with Crippen LogP contribution in [0, 0.1) is 11.8 Å². The number of nitrogens with zero attached hydrogens (tertiary/aromatic N) is 4. The van der Waals surface area contributed by atoms with Crippen molar-refractivity contribution < 1.29 is 0 Å². The van der Waals surface area contributed by atoms with Gasteiger partial charge >= 0.3 is 0 Å². The largest absolute Gasteiger partial charge is 0.321 e. The van der Waals surface area contributed by atoms with Crippen molar-refractivity contribution in [3.8, 4) is 0 Å². The highest BCUT2D eigenvalue weighted by atomic mass is 15.3. The summed E-state index contributed by atoms with van der Waals surface area (Å²) in [5.74, 6) is 2.65. The highest BCUT2D eigenvalue weighted by Gasteiger charge is 2.22. The third-order valence-corrected chi connectivity index (χ3v) is 3.81. The predicted molar refractivity (Wildman–Crippen MR) is 77.0 cm³/mol. The number of hydrogen-bond acceptors (Lipinski definition) is 4. The molecule has 1 unspecified atom stereocenters. The van der Waals surface area contributed by atoms with Crippen LogP contribution in [0.2, 0.25) is 0 Å². The standard InChI is InChI=1S/C14H27N5/c1-12(2)8-15-9-13-4-6-19(10-13)7-5-14-17-16-11-18(14)3/h11-13,15H,4-10H2,1-3H3. The lowest BCUT2D eigenvalue weighted by molar-refractivity contribution is 0.321. The third-order valence-electron chi connectivity index (χ3n) is 3.81. The molecule has 1 aliphatic rings. The van der Waals surface area contributed by atoms with Gasteiger partial charge in [0.1, 0.15) is 12.2 Å². The number of nitrogens with one attached hydrogen (secondary N) is 1. The van der Waals surface area contributed by atoms with Crippen LogP contribution in [0.5, 0.6) is 0 Å². The Morgan fingerprint density at radius 3 is 3.00 bits per heavy atom. The van der Waals surface area contributed by atoms with Crippen molar-refractivity contribution in [2.45, 2.75) is 26.7 Å². The summed E-state index contributed by atoms with van der Waals surface area (Å²) >= 11 is 0. The molecule has 5 nitrogen and oxygen atoms in total. The van der Waals surface area contributed by atoms with E-state index in [0.717, 1.165) is 37.2 Å². The van der Waals surface area contributed by atoms with Crippen LogP contribution in [-0.4, -0.2) is 52.4 Å². The van der Waals surface area contributed by atoms with Gasteiger partial charge < -0.3 is 14.8 Å². The summed E-state index contributed by atoms with van der Waals surface area (Å²) in [6.07, 6.45) is 4.10. The van der Waals surface area contributed by atoms with Crippen molar-refractivity contribution in [3.05, 3.63) is 12.2 Å². The Bertz CT molecular complexity index is 374. The summed E-state index contributed by atoms with van der Waals surface area (Å²) in [4.78, 5) is 2.55. The lowest BCUT2D eigenvalue weighted by Crippen LogP contribution is -2.29. The van der Waals surface area contributed by atoms with Crippen LogP contribution >= 0.6 is 0 Å². The van der Waals surface area contributed by atoms with E-state index in [4.69, 9.17) is 0 Å². The molecule has 2 rings (SSSR count). The van der Waals surface area contributed by atoms with E-state index in [1.54, 1.807) is 6.33 Å². The molecule has 2 heterocycles. The first-order chi connectivity index (χ1) is 9.15. The first-order valence-corrected chi connectivity index (χ1v) is 7.41. The predicted octanol–water partition coefficient (Wildman–Crippen LogP) is 0.925. The van der Waals surface area contributed by atoms with E-state index >= 15 is 0 Å². The van der Waals surface area contributed by atoms with Crippen molar-refractivity contribution in [2.75, 3.05) is 32.7 Å². The van der Waals surface area contributed by atoms with Gasteiger partial charge in [-0.15, -0.1) is 10.2 Å². The highest BCUT2D eigenvalue weighted by molar-refractivity contribution is 4.87. The fraction of sp³-hybridized carbons (Fsp3) is 0.857. The molecule has 19 heavy (non-hydrogen) atoms. The molecule has 108 valence electrons. The van der Waals surface area contributed by atoms with Crippen LogP contribution in [0.25, 0.3) is 0 Å². The second kappa shape index (κ2) is 7.01. The van der Waals surface area contributed by atoms with E-state index in [1.807, 2.05) is 11.6 Å². The summed E-state index contributed by atoms with van der Waals surface area (Å²) in [7, 11) is 2.01. The van der Waals surface area contributed by atoms with Gasteiger partial charge in [-0.05, 0) is 37.9 Å². The van der Waals surface area contributed by atoms with Crippen LogP contribution in [0.15, 0.2) is 6.33 Å². The molecule has 5 heteroatoms. The fourth-order valence-corrected chi connectivity index (χ4v) is 2.65. The average Bonchev–Trinajstić information content (AvgIpc) is 2.95. The summed E-state index contributed by atoms with van der Waals surface area (Å²) in [5, 5.41) is 11.6. The second-order valence-corrected chi connectivity index (χ2v) is 6.12. The van der Waals surface area contributed by atoms with E-state index < -0.39 is 0 Å². The zero-order valence-corrected chi connectivity index (χ0v) is 12.5. The van der Waals surface area contributed by atoms with Crippen LogP contribution in [0.1, 0.15) is 26.1 Å². The van der Waals surface area contributed by atoms with Gasteiger partial charge in [-0.1, -0.05) is 13.8 Å².